The summed E-state index contributed by atoms with van der Waals surface area (Å²) in [6.07, 6.45) is -1.01. The van der Waals surface area contributed by atoms with Gasteiger partial charge in [-0.15, -0.1) is 0 Å². The molecule has 20 heavy (non-hydrogen) atoms. The summed E-state index contributed by atoms with van der Waals surface area (Å²) in [5.41, 5.74) is 5.19. The number of nitrogens with two attached hydrogens (primary N) is 1. The first-order valence-electron chi connectivity index (χ1n) is 6.30. The van der Waals surface area contributed by atoms with Crippen LogP contribution in [-0.2, 0) is 11.3 Å². The highest BCUT2D eigenvalue weighted by Crippen LogP contribution is 2.24. The van der Waals surface area contributed by atoms with Crippen molar-refractivity contribution in [3.63, 3.8) is 0 Å². The molecule has 0 radical (unpaired) electrons. The fraction of sp³-hybridized carbons (Fsp3) is 0.500. The molecule has 0 heterocycles. The van der Waals surface area contributed by atoms with Crippen molar-refractivity contribution in [3.05, 3.63) is 29.3 Å². The van der Waals surface area contributed by atoms with Gasteiger partial charge in [-0.2, -0.15) is 0 Å². The standard InChI is InChI=1S/C14H20F2N2O2/c1-8(13(19)18-14(2,3)4)20-12-10(15)5-9(7-17)6-11(12)16/h5-6,8H,7,17H2,1-4H3,(H,18,19). The Morgan fingerprint density at radius 3 is 2.25 bits per heavy atom. The van der Waals surface area contributed by atoms with Crippen LogP contribution in [0, 0.1) is 11.6 Å². The number of nitrogens with one attached hydrogen (secondary N) is 1. The second kappa shape index (κ2) is 6.17. The third-order valence-corrected chi connectivity index (χ3v) is 2.46. The van der Waals surface area contributed by atoms with E-state index < -0.39 is 34.9 Å². The van der Waals surface area contributed by atoms with Gasteiger partial charge in [0.15, 0.2) is 23.5 Å². The lowest BCUT2D eigenvalue weighted by Gasteiger charge is -2.23. The van der Waals surface area contributed by atoms with E-state index in [1.54, 1.807) is 20.8 Å². The molecule has 4 nitrogen and oxygen atoms in total. The maximum atomic E-state index is 13.7. The molecule has 1 amide bonds. The van der Waals surface area contributed by atoms with E-state index in [4.69, 9.17) is 10.5 Å². The SMILES string of the molecule is CC(Oc1c(F)cc(CN)cc1F)C(=O)NC(C)(C)C. The minimum absolute atomic E-state index is 0.0220. The molecule has 3 N–H and O–H groups in total. The molecule has 1 unspecified atom stereocenters. The Bertz CT molecular complexity index is 475. The van der Waals surface area contributed by atoms with E-state index in [1.807, 2.05) is 0 Å². The highest BCUT2D eigenvalue weighted by molar-refractivity contribution is 5.81. The van der Waals surface area contributed by atoms with Crippen molar-refractivity contribution in [2.45, 2.75) is 45.9 Å². The summed E-state index contributed by atoms with van der Waals surface area (Å²) in [6, 6.07) is 2.18. The second-order valence-corrected chi connectivity index (χ2v) is 5.59. The van der Waals surface area contributed by atoms with Crippen molar-refractivity contribution >= 4 is 5.91 Å². The van der Waals surface area contributed by atoms with Crippen LogP contribution in [0.5, 0.6) is 5.75 Å². The second-order valence-electron chi connectivity index (χ2n) is 5.59. The molecule has 0 fully saturated rings. The predicted molar refractivity (Wildman–Crippen MR) is 72.2 cm³/mol. The number of carbonyl (C=O) groups is 1. The molecular formula is C14H20F2N2O2. The molecule has 1 rings (SSSR count). The lowest BCUT2D eigenvalue weighted by molar-refractivity contribution is -0.128. The van der Waals surface area contributed by atoms with Gasteiger partial charge in [0.05, 0.1) is 0 Å². The van der Waals surface area contributed by atoms with Crippen LogP contribution in [0.25, 0.3) is 0 Å². The van der Waals surface area contributed by atoms with Crippen LogP contribution < -0.4 is 15.8 Å². The lowest BCUT2D eigenvalue weighted by atomic mass is 10.1. The molecule has 0 bridgehead atoms. The normalized spacial score (nSPS) is 12.9. The van der Waals surface area contributed by atoms with Gasteiger partial charge in [0.25, 0.3) is 5.91 Å². The fourth-order valence-corrected chi connectivity index (χ4v) is 1.54. The van der Waals surface area contributed by atoms with Gasteiger partial charge in [-0.05, 0) is 45.4 Å². The monoisotopic (exact) mass is 286 g/mol. The number of hydrogen-bond donors (Lipinski definition) is 2. The zero-order valence-corrected chi connectivity index (χ0v) is 12.1. The summed E-state index contributed by atoms with van der Waals surface area (Å²) < 4.78 is 32.5. The van der Waals surface area contributed by atoms with Gasteiger partial charge in [0.1, 0.15) is 0 Å². The van der Waals surface area contributed by atoms with Gasteiger partial charge < -0.3 is 15.8 Å². The van der Waals surface area contributed by atoms with Crippen molar-refractivity contribution < 1.29 is 18.3 Å². The molecule has 6 heteroatoms. The lowest BCUT2D eigenvalue weighted by Crippen LogP contribution is -2.46. The molecule has 0 saturated heterocycles. The van der Waals surface area contributed by atoms with Crippen LogP contribution >= 0.6 is 0 Å². The molecule has 0 aromatic heterocycles. The zero-order valence-electron chi connectivity index (χ0n) is 12.1. The Kier molecular flexibility index (Phi) is 5.05. The van der Waals surface area contributed by atoms with Crippen molar-refractivity contribution in [1.82, 2.24) is 5.32 Å². The Morgan fingerprint density at radius 1 is 1.35 bits per heavy atom. The zero-order chi connectivity index (χ0) is 15.5. The van der Waals surface area contributed by atoms with E-state index in [0.29, 0.717) is 5.56 Å². The number of hydrogen-bond acceptors (Lipinski definition) is 3. The molecule has 1 atom stereocenters. The summed E-state index contributed by atoms with van der Waals surface area (Å²) >= 11 is 0. The molecule has 0 aliphatic heterocycles. The number of rotatable bonds is 4. The Hall–Kier alpha value is -1.69. The van der Waals surface area contributed by atoms with E-state index in [0.717, 1.165) is 12.1 Å². The molecule has 1 aromatic carbocycles. The van der Waals surface area contributed by atoms with Gasteiger partial charge in [-0.1, -0.05) is 0 Å². The molecule has 0 aliphatic carbocycles. The van der Waals surface area contributed by atoms with Gasteiger partial charge in [-0.3, -0.25) is 4.79 Å². The van der Waals surface area contributed by atoms with Crippen LogP contribution in [0.1, 0.15) is 33.3 Å². The van der Waals surface area contributed by atoms with Crippen molar-refractivity contribution in [2.24, 2.45) is 5.73 Å². The summed E-state index contributed by atoms with van der Waals surface area (Å²) in [5, 5.41) is 2.67. The maximum absolute atomic E-state index is 13.7. The van der Waals surface area contributed by atoms with E-state index in [9.17, 15) is 13.6 Å². The van der Waals surface area contributed by atoms with Gasteiger partial charge in [-0.25, -0.2) is 8.78 Å². The van der Waals surface area contributed by atoms with Gasteiger partial charge in [0, 0.05) is 12.1 Å². The minimum Gasteiger partial charge on any atom is -0.475 e. The summed E-state index contributed by atoms with van der Waals surface area (Å²) in [4.78, 5) is 11.8. The number of benzene rings is 1. The number of amides is 1. The van der Waals surface area contributed by atoms with E-state index in [2.05, 4.69) is 5.32 Å². The Labute approximate surface area is 117 Å². The van der Waals surface area contributed by atoms with Crippen LogP contribution in [0.15, 0.2) is 12.1 Å². The molecule has 0 spiro atoms. The fourth-order valence-electron chi connectivity index (χ4n) is 1.54. The largest absolute Gasteiger partial charge is 0.475 e. The minimum atomic E-state index is -1.01. The van der Waals surface area contributed by atoms with Crippen LogP contribution in [0.3, 0.4) is 0 Å². The van der Waals surface area contributed by atoms with Crippen molar-refractivity contribution in [3.8, 4) is 5.75 Å². The maximum Gasteiger partial charge on any atom is 0.261 e. The van der Waals surface area contributed by atoms with Gasteiger partial charge >= 0.3 is 0 Å². The Balaban J connectivity index is 2.86. The number of ether oxygens (including phenoxy) is 1. The van der Waals surface area contributed by atoms with E-state index in [-0.39, 0.29) is 6.54 Å². The van der Waals surface area contributed by atoms with E-state index >= 15 is 0 Å². The van der Waals surface area contributed by atoms with Crippen LogP contribution in [0.4, 0.5) is 8.78 Å². The smallest absolute Gasteiger partial charge is 0.261 e. The molecule has 1 aromatic rings. The third kappa shape index (κ3) is 4.45. The molecular weight excluding hydrogens is 266 g/mol. The quantitative estimate of drug-likeness (QED) is 0.891. The predicted octanol–water partition coefficient (Wildman–Crippen LogP) is 2.11. The highest BCUT2D eigenvalue weighted by Gasteiger charge is 2.23. The first-order chi connectivity index (χ1) is 9.14. The first-order valence-corrected chi connectivity index (χ1v) is 6.30. The topological polar surface area (TPSA) is 64.3 Å². The van der Waals surface area contributed by atoms with Crippen LogP contribution in [-0.4, -0.2) is 17.6 Å². The third-order valence-electron chi connectivity index (χ3n) is 2.46. The molecule has 112 valence electrons. The van der Waals surface area contributed by atoms with Crippen molar-refractivity contribution in [1.29, 1.82) is 0 Å². The highest BCUT2D eigenvalue weighted by atomic mass is 19.1. The van der Waals surface area contributed by atoms with Crippen LogP contribution in [0.2, 0.25) is 0 Å². The van der Waals surface area contributed by atoms with Gasteiger partial charge in [0.2, 0.25) is 0 Å². The first kappa shape index (κ1) is 16.4. The number of carbonyl (C=O) groups excluding carboxylic acids is 1. The Morgan fingerprint density at radius 2 is 1.85 bits per heavy atom. The summed E-state index contributed by atoms with van der Waals surface area (Å²) in [6.45, 7) is 6.85. The van der Waals surface area contributed by atoms with Crippen molar-refractivity contribution in [2.75, 3.05) is 0 Å². The molecule has 0 saturated carbocycles. The summed E-state index contributed by atoms with van der Waals surface area (Å²) in [7, 11) is 0. The number of halogens is 2. The summed E-state index contributed by atoms with van der Waals surface area (Å²) in [5.74, 6) is -2.76. The average molecular weight is 286 g/mol. The average Bonchev–Trinajstić information content (AvgIpc) is 2.30. The van der Waals surface area contributed by atoms with E-state index in [1.165, 1.54) is 6.92 Å². The molecule has 0 aliphatic rings.